The van der Waals surface area contributed by atoms with E-state index in [4.69, 9.17) is 5.73 Å². The highest BCUT2D eigenvalue weighted by atomic mass is 15.0. The van der Waals surface area contributed by atoms with Crippen molar-refractivity contribution >= 4 is 17.3 Å². The Labute approximate surface area is 107 Å². The Morgan fingerprint density at radius 1 is 1.22 bits per heavy atom. The van der Waals surface area contributed by atoms with Crippen molar-refractivity contribution in [2.45, 2.75) is 26.7 Å². The van der Waals surface area contributed by atoms with E-state index in [9.17, 15) is 0 Å². The van der Waals surface area contributed by atoms with Crippen LogP contribution >= 0.6 is 0 Å². The highest BCUT2D eigenvalue weighted by molar-refractivity contribution is 5.65. The molecule has 0 saturated heterocycles. The summed E-state index contributed by atoms with van der Waals surface area (Å²) in [5, 5.41) is 3.34. The first kappa shape index (κ1) is 12.4. The summed E-state index contributed by atoms with van der Waals surface area (Å²) in [5.41, 5.74) is 9.12. The fourth-order valence-electron chi connectivity index (χ4n) is 1.87. The molecule has 0 bridgehead atoms. The van der Waals surface area contributed by atoms with E-state index in [1.165, 1.54) is 11.9 Å². The van der Waals surface area contributed by atoms with Crippen molar-refractivity contribution in [1.29, 1.82) is 0 Å². The highest BCUT2D eigenvalue weighted by Crippen LogP contribution is 2.24. The second-order valence-corrected chi connectivity index (χ2v) is 4.28. The molecule has 4 nitrogen and oxygen atoms in total. The zero-order valence-corrected chi connectivity index (χ0v) is 10.8. The Bertz CT molecular complexity index is 537. The highest BCUT2D eigenvalue weighted by Gasteiger charge is 2.09. The number of nitrogen functional groups attached to an aromatic ring is 1. The zero-order chi connectivity index (χ0) is 13.0. The largest absolute Gasteiger partial charge is 0.383 e. The molecule has 0 aliphatic heterocycles. The summed E-state index contributed by atoms with van der Waals surface area (Å²) < 4.78 is 0. The SMILES string of the molecule is CCCc1c(N)ncnc1Nc1ccccc1C. The first-order chi connectivity index (χ1) is 8.72. The summed E-state index contributed by atoms with van der Waals surface area (Å²) in [7, 11) is 0. The van der Waals surface area contributed by atoms with Gasteiger partial charge in [-0.1, -0.05) is 31.5 Å². The molecule has 0 saturated carbocycles. The number of benzene rings is 1. The predicted molar refractivity (Wildman–Crippen MR) is 74.9 cm³/mol. The van der Waals surface area contributed by atoms with E-state index in [-0.39, 0.29) is 0 Å². The molecule has 4 heteroatoms. The van der Waals surface area contributed by atoms with E-state index in [1.54, 1.807) is 0 Å². The van der Waals surface area contributed by atoms with Crippen LogP contribution in [0.1, 0.15) is 24.5 Å². The summed E-state index contributed by atoms with van der Waals surface area (Å²) in [6.45, 7) is 4.18. The number of nitrogens with zero attached hydrogens (tertiary/aromatic N) is 2. The molecule has 0 unspecified atom stereocenters. The smallest absolute Gasteiger partial charge is 0.139 e. The molecule has 0 spiro atoms. The van der Waals surface area contributed by atoms with Crippen LogP contribution in [0.15, 0.2) is 30.6 Å². The number of hydrogen-bond acceptors (Lipinski definition) is 4. The lowest BCUT2D eigenvalue weighted by molar-refractivity contribution is 0.908. The second kappa shape index (κ2) is 5.49. The number of hydrogen-bond donors (Lipinski definition) is 2. The molecule has 0 aliphatic rings. The van der Waals surface area contributed by atoms with Crippen molar-refractivity contribution in [1.82, 2.24) is 9.97 Å². The normalized spacial score (nSPS) is 10.3. The van der Waals surface area contributed by atoms with E-state index < -0.39 is 0 Å². The molecule has 0 fully saturated rings. The lowest BCUT2D eigenvalue weighted by Crippen LogP contribution is -2.05. The molecule has 3 N–H and O–H groups in total. The lowest BCUT2D eigenvalue weighted by atomic mass is 10.1. The van der Waals surface area contributed by atoms with Crippen molar-refractivity contribution in [3.8, 4) is 0 Å². The van der Waals surface area contributed by atoms with Gasteiger partial charge < -0.3 is 11.1 Å². The molecule has 0 amide bonds. The number of aromatic nitrogens is 2. The van der Waals surface area contributed by atoms with Gasteiger partial charge >= 0.3 is 0 Å². The molecule has 0 atom stereocenters. The van der Waals surface area contributed by atoms with Crippen LogP contribution in [-0.4, -0.2) is 9.97 Å². The molecular weight excluding hydrogens is 224 g/mol. The molecule has 1 aromatic heterocycles. The Kier molecular flexibility index (Phi) is 3.77. The van der Waals surface area contributed by atoms with Crippen LogP contribution < -0.4 is 11.1 Å². The van der Waals surface area contributed by atoms with Crippen LogP contribution in [-0.2, 0) is 6.42 Å². The van der Waals surface area contributed by atoms with Crippen molar-refractivity contribution in [2.75, 3.05) is 11.1 Å². The van der Waals surface area contributed by atoms with Crippen LogP contribution in [0.5, 0.6) is 0 Å². The van der Waals surface area contributed by atoms with Gasteiger partial charge in [0.25, 0.3) is 0 Å². The summed E-state index contributed by atoms with van der Waals surface area (Å²) in [4.78, 5) is 8.34. The second-order valence-electron chi connectivity index (χ2n) is 4.28. The summed E-state index contributed by atoms with van der Waals surface area (Å²) in [6.07, 6.45) is 3.38. The average Bonchev–Trinajstić information content (AvgIpc) is 2.36. The average molecular weight is 242 g/mol. The summed E-state index contributed by atoms with van der Waals surface area (Å²) in [6, 6.07) is 8.11. The third-order valence-electron chi connectivity index (χ3n) is 2.88. The van der Waals surface area contributed by atoms with Gasteiger partial charge in [-0.05, 0) is 25.0 Å². The number of para-hydroxylation sites is 1. The number of nitrogens with two attached hydrogens (primary N) is 1. The van der Waals surface area contributed by atoms with Crippen LogP contribution in [0.3, 0.4) is 0 Å². The number of aryl methyl sites for hydroxylation is 1. The molecule has 1 aromatic carbocycles. The van der Waals surface area contributed by atoms with E-state index in [0.717, 1.165) is 29.9 Å². The number of nitrogens with one attached hydrogen (secondary N) is 1. The molecule has 2 rings (SSSR count). The topological polar surface area (TPSA) is 63.8 Å². The summed E-state index contributed by atoms with van der Waals surface area (Å²) in [5.74, 6) is 1.36. The maximum atomic E-state index is 5.91. The van der Waals surface area contributed by atoms with Crippen molar-refractivity contribution in [2.24, 2.45) is 0 Å². The Balaban J connectivity index is 2.34. The number of rotatable bonds is 4. The van der Waals surface area contributed by atoms with Gasteiger partial charge in [-0.2, -0.15) is 0 Å². The van der Waals surface area contributed by atoms with Crippen LogP contribution in [0.25, 0.3) is 0 Å². The Morgan fingerprint density at radius 2 is 2.00 bits per heavy atom. The van der Waals surface area contributed by atoms with Crippen LogP contribution in [0.4, 0.5) is 17.3 Å². The van der Waals surface area contributed by atoms with Gasteiger partial charge in [-0.3, -0.25) is 0 Å². The van der Waals surface area contributed by atoms with Crippen molar-refractivity contribution < 1.29 is 0 Å². The zero-order valence-electron chi connectivity index (χ0n) is 10.8. The molecule has 0 radical (unpaired) electrons. The third-order valence-corrected chi connectivity index (χ3v) is 2.88. The molecular formula is C14H18N4. The minimum Gasteiger partial charge on any atom is -0.383 e. The number of anilines is 3. The first-order valence-electron chi connectivity index (χ1n) is 6.14. The maximum absolute atomic E-state index is 5.91. The van der Waals surface area contributed by atoms with Crippen molar-refractivity contribution in [3.63, 3.8) is 0 Å². The quantitative estimate of drug-likeness (QED) is 0.864. The molecule has 2 aromatic rings. The Morgan fingerprint density at radius 3 is 2.72 bits per heavy atom. The monoisotopic (exact) mass is 242 g/mol. The standard InChI is InChI=1S/C14H18N4/c1-3-6-11-13(15)16-9-17-14(11)18-12-8-5-4-7-10(12)2/h4-5,7-9H,3,6H2,1-2H3,(H3,15,16,17,18). The minimum atomic E-state index is 0.558. The van der Waals surface area contributed by atoms with Crippen molar-refractivity contribution in [3.05, 3.63) is 41.7 Å². The molecule has 94 valence electrons. The van der Waals surface area contributed by atoms with Gasteiger partial charge in [0.1, 0.15) is 18.0 Å². The minimum absolute atomic E-state index is 0.558. The lowest BCUT2D eigenvalue weighted by Gasteiger charge is -2.13. The van der Waals surface area contributed by atoms with Crippen LogP contribution in [0.2, 0.25) is 0 Å². The molecule has 0 aliphatic carbocycles. The van der Waals surface area contributed by atoms with Gasteiger partial charge in [0.15, 0.2) is 0 Å². The molecule has 1 heterocycles. The fraction of sp³-hybridized carbons (Fsp3) is 0.286. The van der Waals surface area contributed by atoms with Gasteiger partial charge in [-0.15, -0.1) is 0 Å². The Hall–Kier alpha value is -2.10. The van der Waals surface area contributed by atoms with Gasteiger partial charge in [-0.25, -0.2) is 9.97 Å². The van der Waals surface area contributed by atoms with Gasteiger partial charge in [0.05, 0.1) is 0 Å². The molecule has 18 heavy (non-hydrogen) atoms. The van der Waals surface area contributed by atoms with E-state index >= 15 is 0 Å². The van der Waals surface area contributed by atoms with E-state index in [0.29, 0.717) is 5.82 Å². The van der Waals surface area contributed by atoms with Crippen LogP contribution in [0, 0.1) is 6.92 Å². The predicted octanol–water partition coefficient (Wildman–Crippen LogP) is 3.06. The van der Waals surface area contributed by atoms with E-state index in [2.05, 4.69) is 35.2 Å². The van der Waals surface area contributed by atoms with Gasteiger partial charge in [0, 0.05) is 11.3 Å². The summed E-state index contributed by atoms with van der Waals surface area (Å²) >= 11 is 0. The maximum Gasteiger partial charge on any atom is 0.139 e. The van der Waals surface area contributed by atoms with Gasteiger partial charge in [0.2, 0.25) is 0 Å². The fourth-order valence-corrected chi connectivity index (χ4v) is 1.87. The first-order valence-corrected chi connectivity index (χ1v) is 6.14. The van der Waals surface area contributed by atoms with E-state index in [1.807, 2.05) is 18.2 Å². The third kappa shape index (κ3) is 2.59.